The molecule has 0 saturated carbocycles. The summed E-state index contributed by atoms with van der Waals surface area (Å²) in [6.07, 6.45) is 0. The van der Waals surface area contributed by atoms with E-state index in [4.69, 9.17) is 31.0 Å². The summed E-state index contributed by atoms with van der Waals surface area (Å²) in [5, 5.41) is 9.09. The molecule has 0 atom stereocenters. The Morgan fingerprint density at radius 3 is 2.50 bits per heavy atom. The maximum atomic E-state index is 13.1. The molecule has 0 spiro atoms. The highest BCUT2D eigenvalue weighted by Gasteiger charge is 2.28. The predicted octanol–water partition coefficient (Wildman–Crippen LogP) is 1.77. The lowest BCUT2D eigenvalue weighted by Gasteiger charge is -2.22. The van der Waals surface area contributed by atoms with E-state index in [0.29, 0.717) is 22.8 Å². The number of sulfonamides is 1. The van der Waals surface area contributed by atoms with Gasteiger partial charge in [0.05, 0.1) is 18.6 Å². The maximum absolute atomic E-state index is 13.1. The van der Waals surface area contributed by atoms with E-state index in [9.17, 15) is 13.2 Å². The number of amides is 1. The summed E-state index contributed by atoms with van der Waals surface area (Å²) >= 11 is 6.23. The second kappa shape index (κ2) is 8.23. The molecule has 1 amide bonds. The molecule has 0 aromatic heterocycles. The first kappa shape index (κ1) is 20.2. The molecule has 0 saturated heterocycles. The molecule has 3 rings (SSSR count). The maximum Gasteiger partial charge on any atom is 0.258 e. The molecule has 11 heteroatoms. The average Bonchev–Trinajstić information content (AvgIpc) is 3.14. The van der Waals surface area contributed by atoms with Gasteiger partial charge in [-0.2, -0.15) is 4.31 Å². The summed E-state index contributed by atoms with van der Waals surface area (Å²) in [5.74, 6) is 0.464. The number of ether oxygens (including phenoxy) is 3. The standard InChI is InChI=1S/C17H17ClN2O7S/c1-25-12-2-4-13(5-3-12)28(23,24)20(9-17(21)19-22)8-11-6-15-16(7-14(11)18)27-10-26-15/h2-7,22H,8-10H2,1H3,(H,19,21). The van der Waals surface area contributed by atoms with Crippen molar-refractivity contribution in [3.63, 3.8) is 0 Å². The Labute approximate surface area is 166 Å². The number of rotatable bonds is 7. The van der Waals surface area contributed by atoms with Crippen molar-refractivity contribution in [2.75, 3.05) is 20.4 Å². The summed E-state index contributed by atoms with van der Waals surface area (Å²) in [6, 6.07) is 8.77. The number of benzene rings is 2. The molecule has 2 N–H and O–H groups in total. The van der Waals surface area contributed by atoms with Crippen LogP contribution in [0.25, 0.3) is 0 Å². The van der Waals surface area contributed by atoms with Crippen molar-refractivity contribution in [3.05, 3.63) is 47.0 Å². The van der Waals surface area contributed by atoms with E-state index in [-0.39, 0.29) is 23.3 Å². The number of carbonyl (C=O) groups is 1. The first-order chi connectivity index (χ1) is 13.3. The second-order valence-corrected chi connectivity index (χ2v) is 8.13. The van der Waals surface area contributed by atoms with Crippen LogP contribution in [0.5, 0.6) is 17.2 Å². The van der Waals surface area contributed by atoms with Gasteiger partial charge >= 0.3 is 0 Å². The van der Waals surface area contributed by atoms with Gasteiger partial charge in [-0.3, -0.25) is 10.0 Å². The minimum Gasteiger partial charge on any atom is -0.497 e. The molecule has 0 unspecified atom stereocenters. The molecule has 28 heavy (non-hydrogen) atoms. The highest BCUT2D eigenvalue weighted by atomic mass is 35.5. The van der Waals surface area contributed by atoms with Gasteiger partial charge in [-0.05, 0) is 35.9 Å². The number of hydrogen-bond donors (Lipinski definition) is 2. The molecular weight excluding hydrogens is 412 g/mol. The number of halogens is 1. The molecule has 2 aromatic carbocycles. The van der Waals surface area contributed by atoms with Crippen LogP contribution in [-0.4, -0.2) is 44.3 Å². The SMILES string of the molecule is COc1ccc(S(=O)(=O)N(CC(=O)NO)Cc2cc3c(cc2Cl)OCO3)cc1. The van der Waals surface area contributed by atoms with Gasteiger partial charge in [0.25, 0.3) is 5.91 Å². The summed E-state index contributed by atoms with van der Waals surface area (Å²) in [7, 11) is -2.62. The molecule has 1 heterocycles. The van der Waals surface area contributed by atoms with Crippen molar-refractivity contribution in [3.8, 4) is 17.2 Å². The first-order valence-corrected chi connectivity index (χ1v) is 9.82. The molecule has 150 valence electrons. The lowest BCUT2D eigenvalue weighted by atomic mass is 10.2. The summed E-state index contributed by atoms with van der Waals surface area (Å²) < 4.78 is 42.6. The van der Waals surface area contributed by atoms with Crippen molar-refractivity contribution in [1.82, 2.24) is 9.79 Å². The van der Waals surface area contributed by atoms with E-state index in [2.05, 4.69) is 0 Å². The fraction of sp³-hybridized carbons (Fsp3) is 0.235. The Morgan fingerprint density at radius 1 is 1.25 bits per heavy atom. The Balaban J connectivity index is 1.95. The third-order valence-electron chi connectivity index (χ3n) is 4.03. The van der Waals surface area contributed by atoms with Crippen LogP contribution in [0.1, 0.15) is 5.56 Å². The molecular formula is C17H17ClN2O7S. The fourth-order valence-electron chi connectivity index (χ4n) is 2.59. The highest BCUT2D eigenvalue weighted by Crippen LogP contribution is 2.37. The summed E-state index contributed by atoms with van der Waals surface area (Å²) in [6.45, 7) is -0.803. The van der Waals surface area contributed by atoms with Crippen molar-refractivity contribution >= 4 is 27.5 Å². The third kappa shape index (κ3) is 4.14. The van der Waals surface area contributed by atoms with Crippen LogP contribution < -0.4 is 19.7 Å². The van der Waals surface area contributed by atoms with Crippen molar-refractivity contribution < 1.29 is 32.6 Å². The molecule has 1 aliphatic heterocycles. The van der Waals surface area contributed by atoms with Crippen LogP contribution in [0.4, 0.5) is 0 Å². The van der Waals surface area contributed by atoms with Gasteiger partial charge in [0.15, 0.2) is 11.5 Å². The van der Waals surface area contributed by atoms with E-state index in [1.54, 1.807) is 6.07 Å². The zero-order valence-electron chi connectivity index (χ0n) is 14.7. The number of carbonyl (C=O) groups excluding carboxylic acids is 1. The quantitative estimate of drug-likeness (QED) is 0.510. The van der Waals surface area contributed by atoms with E-state index in [1.165, 1.54) is 42.9 Å². The topological polar surface area (TPSA) is 114 Å². The number of hydroxylamine groups is 1. The molecule has 0 aliphatic carbocycles. The number of nitrogens with one attached hydrogen (secondary N) is 1. The fourth-order valence-corrected chi connectivity index (χ4v) is 4.18. The van der Waals surface area contributed by atoms with Gasteiger partial charge in [-0.25, -0.2) is 13.9 Å². The number of methoxy groups -OCH3 is 1. The smallest absolute Gasteiger partial charge is 0.258 e. The second-order valence-electron chi connectivity index (χ2n) is 5.78. The van der Waals surface area contributed by atoms with Crippen LogP contribution in [0.3, 0.4) is 0 Å². The van der Waals surface area contributed by atoms with Gasteiger partial charge in [-0.15, -0.1) is 0 Å². The Morgan fingerprint density at radius 2 is 1.89 bits per heavy atom. The van der Waals surface area contributed by atoms with Crippen LogP contribution in [0, 0.1) is 0 Å². The first-order valence-electron chi connectivity index (χ1n) is 8.00. The average molecular weight is 429 g/mol. The van der Waals surface area contributed by atoms with Crippen LogP contribution >= 0.6 is 11.6 Å². The lowest BCUT2D eigenvalue weighted by Crippen LogP contribution is -2.39. The van der Waals surface area contributed by atoms with Crippen LogP contribution in [0.2, 0.25) is 5.02 Å². The van der Waals surface area contributed by atoms with Gasteiger partial charge in [0, 0.05) is 17.6 Å². The van der Waals surface area contributed by atoms with Gasteiger partial charge in [0.1, 0.15) is 5.75 Å². The molecule has 0 radical (unpaired) electrons. The van der Waals surface area contributed by atoms with E-state index in [0.717, 1.165) is 4.31 Å². The number of nitrogens with zero attached hydrogens (tertiary/aromatic N) is 1. The minimum atomic E-state index is -4.09. The van der Waals surface area contributed by atoms with Crippen LogP contribution in [-0.2, 0) is 21.4 Å². The van der Waals surface area contributed by atoms with E-state index < -0.39 is 22.5 Å². The van der Waals surface area contributed by atoms with Crippen molar-refractivity contribution in [1.29, 1.82) is 0 Å². The van der Waals surface area contributed by atoms with Crippen LogP contribution in [0.15, 0.2) is 41.3 Å². The zero-order valence-corrected chi connectivity index (χ0v) is 16.3. The summed E-state index contributed by atoms with van der Waals surface area (Å²) in [4.78, 5) is 11.7. The molecule has 1 aliphatic rings. The predicted molar refractivity (Wildman–Crippen MR) is 98.1 cm³/mol. The van der Waals surface area contributed by atoms with Crippen molar-refractivity contribution in [2.45, 2.75) is 11.4 Å². The van der Waals surface area contributed by atoms with Crippen molar-refractivity contribution in [2.24, 2.45) is 0 Å². The minimum absolute atomic E-state index is 0.0376. The van der Waals surface area contributed by atoms with Gasteiger partial charge in [-0.1, -0.05) is 11.6 Å². The molecule has 0 bridgehead atoms. The van der Waals surface area contributed by atoms with Gasteiger partial charge < -0.3 is 14.2 Å². The monoisotopic (exact) mass is 428 g/mol. The highest BCUT2D eigenvalue weighted by molar-refractivity contribution is 7.89. The largest absolute Gasteiger partial charge is 0.497 e. The van der Waals surface area contributed by atoms with Gasteiger partial charge in [0.2, 0.25) is 16.8 Å². The summed E-state index contributed by atoms with van der Waals surface area (Å²) in [5.41, 5.74) is 1.85. The Kier molecular flexibility index (Phi) is 5.94. The number of hydrogen-bond acceptors (Lipinski definition) is 7. The Hall–Kier alpha value is -2.53. The molecule has 0 fully saturated rings. The molecule has 9 nitrogen and oxygen atoms in total. The van der Waals surface area contributed by atoms with E-state index in [1.807, 2.05) is 0 Å². The number of fused-ring (bicyclic) bond motifs is 1. The molecule has 2 aromatic rings. The zero-order chi connectivity index (χ0) is 20.3. The third-order valence-corrected chi connectivity index (χ3v) is 6.19. The lowest BCUT2D eigenvalue weighted by molar-refractivity contribution is -0.129. The van der Waals surface area contributed by atoms with E-state index >= 15 is 0 Å². The Bertz CT molecular complexity index is 980. The normalized spacial score (nSPS) is 12.9.